The van der Waals surface area contributed by atoms with Gasteiger partial charge in [0, 0.05) is 16.7 Å². The summed E-state index contributed by atoms with van der Waals surface area (Å²) in [6.07, 6.45) is 1.59. The Balaban J connectivity index is 0.000000305. The lowest BCUT2D eigenvalue weighted by molar-refractivity contribution is -0.149. The molecule has 11 heteroatoms. The average molecular weight is 494 g/mol. The molecule has 1 fully saturated rings. The van der Waals surface area contributed by atoms with E-state index in [1.54, 1.807) is 0 Å². The van der Waals surface area contributed by atoms with Crippen LogP contribution in [0, 0.1) is 10.9 Å². The van der Waals surface area contributed by atoms with Gasteiger partial charge in [0.25, 0.3) is 5.91 Å². The van der Waals surface area contributed by atoms with Gasteiger partial charge >= 0.3 is 5.97 Å². The molecule has 32 heavy (non-hydrogen) atoms. The molecular formula is C21H23N3O5S3. The van der Waals surface area contributed by atoms with Crippen molar-refractivity contribution < 1.29 is 24.3 Å². The van der Waals surface area contributed by atoms with Crippen LogP contribution < -0.4 is 10.2 Å². The minimum Gasteiger partial charge on any atom is -0.477 e. The predicted molar refractivity (Wildman–Crippen MR) is 126 cm³/mol. The highest BCUT2D eigenvalue weighted by atomic mass is 32.2. The number of carboxylic acid groups (broad SMARTS) is 1. The number of thiazole rings is 1. The Kier molecular flexibility index (Phi) is 8.10. The fourth-order valence-electron chi connectivity index (χ4n) is 3.27. The number of aryl methyl sites for hydroxylation is 2. The number of nitrogens with one attached hydrogen (secondary N) is 1. The maximum atomic E-state index is 12.1. The summed E-state index contributed by atoms with van der Waals surface area (Å²) in [6, 6.07) is 9.77. The zero-order chi connectivity index (χ0) is 23.3. The second kappa shape index (κ2) is 10.8. The van der Waals surface area contributed by atoms with Crippen LogP contribution in [0.15, 0.2) is 47.0 Å². The highest BCUT2D eigenvalue weighted by Gasteiger charge is 2.53. The topological polar surface area (TPSA) is 101 Å². The van der Waals surface area contributed by atoms with E-state index in [2.05, 4.69) is 36.5 Å². The van der Waals surface area contributed by atoms with Gasteiger partial charge in [0.2, 0.25) is 6.41 Å². The largest absolute Gasteiger partial charge is 0.477 e. The van der Waals surface area contributed by atoms with Crippen molar-refractivity contribution in [3.63, 3.8) is 0 Å². The summed E-state index contributed by atoms with van der Waals surface area (Å²) in [5, 5.41) is 13.4. The highest BCUT2D eigenvalue weighted by molar-refractivity contribution is 8.00. The van der Waals surface area contributed by atoms with Gasteiger partial charge in [-0.2, -0.15) is 4.73 Å². The number of rotatable bonds is 7. The van der Waals surface area contributed by atoms with Crippen LogP contribution in [0.5, 0.6) is 0 Å². The van der Waals surface area contributed by atoms with Crippen molar-refractivity contribution in [2.75, 3.05) is 12.4 Å². The zero-order valence-corrected chi connectivity index (χ0v) is 20.0. The minimum atomic E-state index is -1.19. The summed E-state index contributed by atoms with van der Waals surface area (Å²) >= 11 is 7.89. The van der Waals surface area contributed by atoms with Gasteiger partial charge in [0.05, 0.1) is 5.69 Å². The number of benzene rings is 1. The van der Waals surface area contributed by atoms with Gasteiger partial charge < -0.3 is 15.3 Å². The van der Waals surface area contributed by atoms with E-state index in [0.717, 1.165) is 12.1 Å². The van der Waals surface area contributed by atoms with Crippen LogP contribution in [0.25, 0.3) is 0 Å². The number of thioether (sulfide) groups is 1. The molecule has 0 radical (unpaired) electrons. The summed E-state index contributed by atoms with van der Waals surface area (Å²) in [5.74, 6) is -1.23. The number of aromatic nitrogens is 1. The van der Waals surface area contributed by atoms with Crippen molar-refractivity contribution in [3.05, 3.63) is 62.2 Å². The Morgan fingerprint density at radius 3 is 2.62 bits per heavy atom. The molecule has 2 unspecified atom stereocenters. The molecule has 0 saturated carbocycles. The molecule has 1 saturated heterocycles. The molecule has 8 nitrogen and oxygen atoms in total. The first-order valence-electron chi connectivity index (χ1n) is 9.83. The van der Waals surface area contributed by atoms with E-state index in [-0.39, 0.29) is 12.3 Å². The van der Waals surface area contributed by atoms with Crippen molar-refractivity contribution in [2.45, 2.75) is 31.7 Å². The average Bonchev–Trinajstić information content (AvgIpc) is 3.13. The molecule has 0 aliphatic carbocycles. The highest BCUT2D eigenvalue weighted by Crippen LogP contribution is 2.40. The summed E-state index contributed by atoms with van der Waals surface area (Å²) in [4.78, 5) is 41.1. The number of amides is 2. The van der Waals surface area contributed by atoms with Gasteiger partial charge in [-0.15, -0.1) is 23.1 Å². The molecule has 170 valence electrons. The Labute approximate surface area is 198 Å². The molecule has 1 aromatic carbocycles. The molecule has 2 amide bonds. The molecule has 2 aliphatic heterocycles. The van der Waals surface area contributed by atoms with E-state index in [9.17, 15) is 19.5 Å². The van der Waals surface area contributed by atoms with Gasteiger partial charge in [-0.3, -0.25) is 14.5 Å². The Morgan fingerprint density at radius 2 is 2.09 bits per heavy atom. The van der Waals surface area contributed by atoms with Crippen LogP contribution in [0.3, 0.4) is 0 Å². The number of hydrogen-bond acceptors (Lipinski definition) is 7. The molecule has 2 N–H and O–H groups in total. The number of carboxylic acids is 1. The summed E-state index contributed by atoms with van der Waals surface area (Å²) in [6.45, 7) is 4.01. The molecular weight excluding hydrogens is 470 g/mol. The maximum absolute atomic E-state index is 12.1. The van der Waals surface area contributed by atoms with Crippen LogP contribution in [-0.2, 0) is 20.8 Å². The van der Waals surface area contributed by atoms with Crippen molar-refractivity contribution in [1.29, 1.82) is 0 Å². The number of fused-ring (bicyclic) bond motifs is 1. The van der Waals surface area contributed by atoms with Crippen LogP contribution in [0.2, 0.25) is 0 Å². The van der Waals surface area contributed by atoms with Crippen LogP contribution in [0.4, 0.5) is 0 Å². The zero-order valence-electron chi connectivity index (χ0n) is 17.5. The number of aliphatic carboxylic acids is 1. The van der Waals surface area contributed by atoms with Crippen molar-refractivity contribution in [1.82, 2.24) is 14.9 Å². The lowest BCUT2D eigenvalue weighted by atomic mass is 10.0. The maximum Gasteiger partial charge on any atom is 0.352 e. The number of nitrogens with zero attached hydrogens (tertiary/aromatic N) is 2. The number of β-lactam (4-membered cyclic amide) rings is 1. The van der Waals surface area contributed by atoms with Gasteiger partial charge in [0.1, 0.15) is 23.7 Å². The van der Waals surface area contributed by atoms with E-state index < -0.39 is 23.3 Å². The number of hydrogen-bond donors (Lipinski definition) is 2. The van der Waals surface area contributed by atoms with Crippen LogP contribution >= 0.6 is 35.3 Å². The molecule has 3 heterocycles. The Morgan fingerprint density at radius 1 is 1.38 bits per heavy atom. The fraction of sp³-hybridized carbons (Fsp3) is 0.333. The summed E-state index contributed by atoms with van der Waals surface area (Å²) in [7, 11) is 0. The van der Waals surface area contributed by atoms with E-state index in [1.807, 2.05) is 18.4 Å². The van der Waals surface area contributed by atoms with E-state index in [0.29, 0.717) is 21.7 Å². The molecule has 2 atom stereocenters. The number of carbonyl (C=O) groups excluding carboxylic acids is 2. The Hall–Kier alpha value is -2.63. The normalized spacial score (nSPS) is 19.3. The number of carbonyl (C=O) groups is 3. The first kappa shape index (κ1) is 24.0. The van der Waals surface area contributed by atoms with Gasteiger partial charge in [0.15, 0.2) is 3.95 Å². The van der Waals surface area contributed by atoms with Gasteiger partial charge in [-0.05, 0) is 31.1 Å². The lowest BCUT2D eigenvalue weighted by Crippen LogP contribution is -2.69. The van der Waals surface area contributed by atoms with E-state index >= 15 is 0 Å². The smallest absolute Gasteiger partial charge is 0.352 e. The minimum absolute atomic E-state index is 0.0167. The lowest BCUT2D eigenvalue weighted by Gasteiger charge is -2.48. The van der Waals surface area contributed by atoms with E-state index in [4.69, 9.17) is 17.1 Å². The second-order valence-electron chi connectivity index (χ2n) is 6.98. The van der Waals surface area contributed by atoms with Crippen molar-refractivity contribution in [3.8, 4) is 0 Å². The monoisotopic (exact) mass is 493 g/mol. The van der Waals surface area contributed by atoms with Gasteiger partial charge in [-0.1, -0.05) is 37.3 Å². The predicted octanol–water partition coefficient (Wildman–Crippen LogP) is 2.63. The van der Waals surface area contributed by atoms with E-state index in [1.165, 1.54) is 38.3 Å². The molecule has 0 spiro atoms. The molecule has 2 aromatic rings. The SMILES string of the molecule is CCc1ccccc1.Cc1csc(=S)n1OCC1=C(C(=O)O)N2C(=O)C(NC=O)C2SC1. The van der Waals surface area contributed by atoms with Crippen LogP contribution in [0.1, 0.15) is 18.2 Å². The second-order valence-corrected chi connectivity index (χ2v) is 9.59. The third-order valence-electron chi connectivity index (χ3n) is 4.93. The molecule has 2 aliphatic rings. The summed E-state index contributed by atoms with van der Waals surface area (Å²) in [5.41, 5.74) is 2.65. The quantitative estimate of drug-likeness (QED) is 0.347. The standard InChI is InChI=1S/C13H13N3O5S3.C8H10/c1-6-3-24-13(22)16(6)21-2-7-4-23-11-8(14-5-17)10(18)15(11)9(7)12(19)20;1-2-8-6-4-3-5-7-8/h3,5,8,11H,2,4H2,1H3,(H,14,17)(H,19,20);3-7H,2H2,1H3. The molecule has 1 aromatic heterocycles. The fourth-order valence-corrected chi connectivity index (χ4v) is 5.61. The van der Waals surface area contributed by atoms with Crippen LogP contribution in [-0.4, -0.2) is 56.8 Å². The molecule has 0 bridgehead atoms. The van der Waals surface area contributed by atoms with Crippen molar-refractivity contribution in [2.24, 2.45) is 0 Å². The first-order valence-corrected chi connectivity index (χ1v) is 12.2. The van der Waals surface area contributed by atoms with Crippen molar-refractivity contribution >= 4 is 53.6 Å². The Bertz CT molecular complexity index is 1080. The molecule has 4 rings (SSSR count). The third kappa shape index (κ3) is 5.05. The van der Waals surface area contributed by atoms with Gasteiger partial charge in [-0.25, -0.2) is 4.79 Å². The third-order valence-corrected chi connectivity index (χ3v) is 7.55. The summed E-state index contributed by atoms with van der Waals surface area (Å²) < 4.78 is 2.00. The first-order chi connectivity index (χ1) is 15.4.